The normalized spacial score (nSPS) is 18.7. The number of ketones is 1. The lowest BCUT2D eigenvalue weighted by Crippen LogP contribution is -2.55. The maximum absolute atomic E-state index is 14.0. The topological polar surface area (TPSA) is 142 Å². The molecule has 4 aromatic rings. The molecule has 4 N–H and O–H groups in total. The number of methoxy groups -OCH3 is 1. The fourth-order valence-corrected chi connectivity index (χ4v) is 7.25. The zero-order valence-corrected chi connectivity index (χ0v) is 24.8. The van der Waals surface area contributed by atoms with Crippen molar-refractivity contribution in [3.8, 4) is 5.75 Å². The van der Waals surface area contributed by atoms with Crippen molar-refractivity contribution in [2.75, 3.05) is 13.7 Å². The van der Waals surface area contributed by atoms with Crippen molar-refractivity contribution in [3.63, 3.8) is 0 Å². The van der Waals surface area contributed by atoms with Crippen molar-refractivity contribution >= 4 is 56.0 Å². The Morgan fingerprint density at radius 3 is 2.60 bits per heavy atom. The summed E-state index contributed by atoms with van der Waals surface area (Å²) in [6, 6.07) is 12.9. The molecule has 0 spiro atoms. The van der Waals surface area contributed by atoms with Crippen LogP contribution >= 0.6 is 11.3 Å². The fourth-order valence-electron chi connectivity index (χ4n) is 6.29. The van der Waals surface area contributed by atoms with Gasteiger partial charge in [-0.05, 0) is 61.9 Å². The number of H-pyrrole nitrogens is 1. The van der Waals surface area contributed by atoms with Crippen molar-refractivity contribution in [2.24, 2.45) is 11.8 Å². The second-order valence-corrected chi connectivity index (χ2v) is 12.4. The Bertz CT molecular complexity index is 1640. The van der Waals surface area contributed by atoms with Crippen molar-refractivity contribution in [1.29, 1.82) is 0 Å². The first kappa shape index (κ1) is 28.9. The Labute approximate surface area is 253 Å². The summed E-state index contributed by atoms with van der Waals surface area (Å²) in [5, 5.41) is 9.82. The van der Waals surface area contributed by atoms with Crippen LogP contribution in [0.15, 0.2) is 48.5 Å². The van der Waals surface area contributed by atoms with E-state index < -0.39 is 29.8 Å². The fraction of sp³-hybridized carbons (Fsp3) is 0.406. The molecule has 3 heterocycles. The van der Waals surface area contributed by atoms with E-state index in [1.165, 1.54) is 11.3 Å². The third kappa shape index (κ3) is 6.13. The number of para-hydroxylation sites is 1. The minimum atomic E-state index is -0.956. The number of ether oxygens (including phenoxy) is 1. The Morgan fingerprint density at radius 1 is 1.05 bits per heavy atom. The Hall–Kier alpha value is -4.25. The van der Waals surface area contributed by atoms with E-state index in [9.17, 15) is 19.2 Å². The highest BCUT2D eigenvalue weighted by Gasteiger charge is 2.37. The molecule has 1 aliphatic heterocycles. The summed E-state index contributed by atoms with van der Waals surface area (Å²) in [6.45, 7) is 0.537. The molecule has 0 unspecified atom stereocenters. The summed E-state index contributed by atoms with van der Waals surface area (Å²) >= 11 is 1.27. The molecule has 0 radical (unpaired) electrons. The number of aromatic amines is 1. The third-order valence-corrected chi connectivity index (χ3v) is 9.65. The van der Waals surface area contributed by atoms with E-state index in [1.807, 2.05) is 42.5 Å². The van der Waals surface area contributed by atoms with Gasteiger partial charge in [-0.2, -0.15) is 0 Å². The van der Waals surface area contributed by atoms with Gasteiger partial charge in [0.1, 0.15) is 17.5 Å². The van der Waals surface area contributed by atoms with Gasteiger partial charge in [0, 0.05) is 23.4 Å². The van der Waals surface area contributed by atoms with Crippen LogP contribution in [0.5, 0.6) is 5.75 Å². The lowest BCUT2D eigenvalue weighted by Gasteiger charge is -2.31. The molecule has 43 heavy (non-hydrogen) atoms. The van der Waals surface area contributed by atoms with Crippen molar-refractivity contribution in [2.45, 2.75) is 57.0 Å². The van der Waals surface area contributed by atoms with Gasteiger partial charge in [0.25, 0.3) is 5.91 Å². The SMILES string of the molecule is COc1cccc2[nH]c(C(=O)N[C@H](C(=O)N[C@@H](C[C@@H]3CCNC3=O)C(=O)c3nc4ccccc4s3)C3CCCCC3)cc12. The van der Waals surface area contributed by atoms with Crippen LogP contribution in [0.25, 0.3) is 21.1 Å². The molecule has 6 rings (SSSR count). The van der Waals surface area contributed by atoms with Gasteiger partial charge in [-0.1, -0.05) is 37.5 Å². The molecule has 1 saturated heterocycles. The number of carbonyl (C=O) groups is 4. The maximum atomic E-state index is 14.0. The second-order valence-electron chi connectivity index (χ2n) is 11.4. The smallest absolute Gasteiger partial charge is 0.268 e. The molecule has 0 bridgehead atoms. The number of amides is 3. The van der Waals surface area contributed by atoms with Crippen LogP contribution in [0.3, 0.4) is 0 Å². The monoisotopic (exact) mass is 601 g/mol. The van der Waals surface area contributed by atoms with Crippen LogP contribution in [0.2, 0.25) is 0 Å². The lowest BCUT2D eigenvalue weighted by molar-refractivity contribution is -0.126. The predicted octanol–water partition coefficient (Wildman–Crippen LogP) is 4.36. The summed E-state index contributed by atoms with van der Waals surface area (Å²) < 4.78 is 6.31. The minimum Gasteiger partial charge on any atom is -0.496 e. The number of hydrogen-bond donors (Lipinski definition) is 4. The molecule has 224 valence electrons. The number of fused-ring (bicyclic) bond motifs is 2. The van der Waals surface area contributed by atoms with Crippen molar-refractivity contribution < 1.29 is 23.9 Å². The molecule has 3 atom stereocenters. The zero-order chi connectivity index (χ0) is 29.9. The lowest BCUT2D eigenvalue weighted by atomic mass is 9.83. The van der Waals surface area contributed by atoms with Crippen LogP contribution in [0, 0.1) is 11.8 Å². The van der Waals surface area contributed by atoms with Gasteiger partial charge >= 0.3 is 0 Å². The molecule has 3 amide bonds. The minimum absolute atomic E-state index is 0.0791. The molecular weight excluding hydrogens is 566 g/mol. The summed E-state index contributed by atoms with van der Waals surface area (Å²) in [4.78, 5) is 61.6. The predicted molar refractivity (Wildman–Crippen MR) is 164 cm³/mol. The summed E-state index contributed by atoms with van der Waals surface area (Å²) in [5.74, 6) is -1.12. The number of nitrogens with one attached hydrogen (secondary N) is 4. The first-order chi connectivity index (χ1) is 20.9. The van der Waals surface area contributed by atoms with Crippen molar-refractivity contribution in [3.05, 3.63) is 59.2 Å². The number of rotatable bonds is 10. The molecule has 10 nitrogen and oxygen atoms in total. The molecule has 2 aromatic carbocycles. The van der Waals surface area contributed by atoms with E-state index in [1.54, 1.807) is 13.2 Å². The van der Waals surface area contributed by atoms with Crippen LogP contribution in [0.1, 0.15) is 65.2 Å². The van der Waals surface area contributed by atoms with Crippen LogP contribution in [-0.4, -0.2) is 59.2 Å². The van der Waals surface area contributed by atoms with Crippen LogP contribution < -0.4 is 20.7 Å². The average Bonchev–Trinajstić information content (AvgIpc) is 3.77. The van der Waals surface area contributed by atoms with E-state index in [0.29, 0.717) is 29.9 Å². The number of benzene rings is 2. The van der Waals surface area contributed by atoms with E-state index in [-0.39, 0.29) is 29.0 Å². The second kappa shape index (κ2) is 12.5. The Kier molecular flexibility index (Phi) is 8.42. The molecule has 2 aromatic heterocycles. The van der Waals surface area contributed by atoms with Crippen LogP contribution in [0.4, 0.5) is 0 Å². The number of hydrogen-bond acceptors (Lipinski definition) is 7. The standard InChI is InChI=1S/C32H35N5O5S/c1-42-25-12-7-11-21-20(25)17-24(34-21)30(40)37-27(18-8-3-2-4-9-18)31(41)35-23(16-19-14-15-33-29(19)39)28(38)32-36-22-10-5-6-13-26(22)43-32/h5-7,10-13,17-19,23,27,34H,2-4,8-9,14-16H2,1H3,(H,33,39)(H,35,41)(H,37,40)/t19-,23-,27-/m0/s1. The molecule has 2 fully saturated rings. The average molecular weight is 602 g/mol. The van der Waals surface area contributed by atoms with Gasteiger partial charge in [-0.3, -0.25) is 19.2 Å². The number of thiazole rings is 1. The van der Waals surface area contributed by atoms with E-state index in [0.717, 1.165) is 47.7 Å². The number of aromatic nitrogens is 2. The number of nitrogens with zero attached hydrogens (tertiary/aromatic N) is 1. The van der Waals surface area contributed by atoms with Gasteiger partial charge in [-0.15, -0.1) is 11.3 Å². The van der Waals surface area contributed by atoms with Gasteiger partial charge in [-0.25, -0.2) is 4.98 Å². The Morgan fingerprint density at radius 2 is 1.86 bits per heavy atom. The van der Waals surface area contributed by atoms with Gasteiger partial charge < -0.3 is 25.7 Å². The quantitative estimate of drug-likeness (QED) is 0.199. The summed E-state index contributed by atoms with van der Waals surface area (Å²) in [5.41, 5.74) is 1.78. The largest absolute Gasteiger partial charge is 0.496 e. The zero-order valence-electron chi connectivity index (χ0n) is 24.0. The summed E-state index contributed by atoms with van der Waals surface area (Å²) in [7, 11) is 1.58. The van der Waals surface area contributed by atoms with Gasteiger partial charge in [0.15, 0.2) is 5.01 Å². The van der Waals surface area contributed by atoms with Crippen LogP contribution in [-0.2, 0) is 9.59 Å². The molecule has 1 aliphatic carbocycles. The van der Waals surface area contributed by atoms with E-state index in [4.69, 9.17) is 4.74 Å². The van der Waals surface area contributed by atoms with E-state index in [2.05, 4.69) is 25.9 Å². The first-order valence-corrected chi connectivity index (χ1v) is 15.7. The number of carbonyl (C=O) groups excluding carboxylic acids is 4. The highest BCUT2D eigenvalue weighted by atomic mass is 32.1. The molecule has 11 heteroatoms. The molecular formula is C32H35N5O5S. The highest BCUT2D eigenvalue weighted by molar-refractivity contribution is 7.20. The van der Waals surface area contributed by atoms with Gasteiger partial charge in [0.2, 0.25) is 17.6 Å². The Balaban J connectivity index is 1.26. The third-order valence-electron chi connectivity index (χ3n) is 8.60. The molecule has 1 saturated carbocycles. The number of Topliss-reactive ketones (excluding diaryl/α,β-unsaturated/α-hetero) is 1. The maximum Gasteiger partial charge on any atom is 0.268 e. The van der Waals surface area contributed by atoms with Crippen molar-refractivity contribution in [1.82, 2.24) is 25.9 Å². The highest BCUT2D eigenvalue weighted by Crippen LogP contribution is 2.30. The van der Waals surface area contributed by atoms with Gasteiger partial charge in [0.05, 0.1) is 23.4 Å². The first-order valence-electron chi connectivity index (χ1n) is 14.9. The molecule has 2 aliphatic rings. The van der Waals surface area contributed by atoms with E-state index >= 15 is 0 Å². The summed E-state index contributed by atoms with van der Waals surface area (Å²) in [6.07, 6.45) is 5.34.